The van der Waals surface area contributed by atoms with Gasteiger partial charge in [0, 0.05) is 11.4 Å². The van der Waals surface area contributed by atoms with Crippen molar-refractivity contribution in [3.63, 3.8) is 0 Å². The molecular formula is C35H41N3O2S. The highest BCUT2D eigenvalue weighted by Crippen LogP contribution is 2.58. The van der Waals surface area contributed by atoms with E-state index in [2.05, 4.69) is 77.9 Å². The molecule has 1 aliphatic rings. The summed E-state index contributed by atoms with van der Waals surface area (Å²) in [6.45, 7) is 17.1. The van der Waals surface area contributed by atoms with Crippen molar-refractivity contribution in [2.45, 2.75) is 76.5 Å². The minimum absolute atomic E-state index is 0.0832. The third-order valence-electron chi connectivity index (χ3n) is 8.60. The maximum Gasteiger partial charge on any atom is 0.238 e. The van der Waals surface area contributed by atoms with Gasteiger partial charge >= 0.3 is 0 Å². The average molecular weight is 568 g/mol. The summed E-state index contributed by atoms with van der Waals surface area (Å²) in [7, 11) is -3.96. The molecule has 5 nitrogen and oxygen atoms in total. The van der Waals surface area contributed by atoms with Crippen molar-refractivity contribution in [2.24, 2.45) is 5.14 Å². The lowest BCUT2D eigenvalue weighted by Gasteiger charge is -2.37. The fourth-order valence-electron chi connectivity index (χ4n) is 6.49. The Morgan fingerprint density at radius 1 is 0.634 bits per heavy atom. The minimum Gasteiger partial charge on any atom is -0.398 e. The zero-order valence-corrected chi connectivity index (χ0v) is 26.1. The van der Waals surface area contributed by atoms with Gasteiger partial charge < -0.3 is 11.5 Å². The third-order valence-corrected chi connectivity index (χ3v) is 9.51. The first-order valence-electron chi connectivity index (χ1n) is 14.0. The lowest BCUT2D eigenvalue weighted by atomic mass is 9.65. The van der Waals surface area contributed by atoms with Crippen molar-refractivity contribution in [2.75, 3.05) is 11.5 Å². The van der Waals surface area contributed by atoms with Crippen molar-refractivity contribution < 1.29 is 8.42 Å². The van der Waals surface area contributed by atoms with Gasteiger partial charge in [-0.1, -0.05) is 96.1 Å². The number of nitrogens with two attached hydrogens (primary N) is 3. The number of rotatable bonds is 3. The van der Waals surface area contributed by atoms with E-state index < -0.39 is 15.4 Å². The summed E-state index contributed by atoms with van der Waals surface area (Å²) in [5.74, 6) is 0. The Kier molecular flexibility index (Phi) is 6.48. The van der Waals surface area contributed by atoms with Gasteiger partial charge in [0.1, 0.15) is 0 Å². The molecule has 0 saturated heterocycles. The molecule has 4 aromatic rings. The number of primary sulfonamides is 1. The van der Waals surface area contributed by atoms with Gasteiger partial charge in [-0.15, -0.1) is 0 Å². The molecule has 0 aliphatic heterocycles. The molecule has 0 bridgehead atoms. The second-order valence-electron chi connectivity index (χ2n) is 13.6. The number of fused-ring (bicyclic) bond motifs is 3. The van der Waals surface area contributed by atoms with Crippen molar-refractivity contribution in [1.29, 1.82) is 0 Å². The van der Waals surface area contributed by atoms with Crippen molar-refractivity contribution in [1.82, 2.24) is 0 Å². The minimum atomic E-state index is -3.96. The summed E-state index contributed by atoms with van der Waals surface area (Å²) in [5.41, 5.74) is 23.7. The Morgan fingerprint density at radius 2 is 1.10 bits per heavy atom. The van der Waals surface area contributed by atoms with Gasteiger partial charge in [-0.3, -0.25) is 0 Å². The number of aryl methyl sites for hydroxylation is 2. The van der Waals surface area contributed by atoms with Gasteiger partial charge in [0.15, 0.2) is 0 Å². The maximum absolute atomic E-state index is 12.7. The highest BCUT2D eigenvalue weighted by molar-refractivity contribution is 7.89. The molecule has 6 heteroatoms. The Bertz CT molecular complexity index is 1750. The molecule has 214 valence electrons. The number of benzene rings is 4. The predicted molar refractivity (Wildman–Crippen MR) is 171 cm³/mol. The highest BCUT2D eigenvalue weighted by Gasteiger charge is 2.47. The normalized spacial score (nSPS) is 14.6. The van der Waals surface area contributed by atoms with Crippen LogP contribution in [0.2, 0.25) is 0 Å². The van der Waals surface area contributed by atoms with E-state index in [-0.39, 0.29) is 15.7 Å². The highest BCUT2D eigenvalue weighted by atomic mass is 32.2. The number of nitrogen functional groups attached to an aromatic ring is 2. The smallest absolute Gasteiger partial charge is 0.238 e. The molecule has 1 aliphatic carbocycles. The molecule has 4 aromatic carbocycles. The van der Waals surface area contributed by atoms with Crippen molar-refractivity contribution in [3.8, 4) is 11.1 Å². The van der Waals surface area contributed by atoms with Crippen LogP contribution < -0.4 is 16.6 Å². The van der Waals surface area contributed by atoms with E-state index in [9.17, 15) is 8.42 Å². The van der Waals surface area contributed by atoms with Crippen molar-refractivity contribution in [3.05, 3.63) is 111 Å². The number of sulfonamides is 1. The van der Waals surface area contributed by atoms with E-state index in [1.54, 1.807) is 12.1 Å². The van der Waals surface area contributed by atoms with Crippen LogP contribution in [0.3, 0.4) is 0 Å². The summed E-state index contributed by atoms with van der Waals surface area (Å²) in [5, 5.41) is 5.71. The quantitative estimate of drug-likeness (QED) is 0.202. The first kappa shape index (κ1) is 28.9. The van der Waals surface area contributed by atoms with E-state index in [0.29, 0.717) is 0 Å². The number of hydrogen-bond donors (Lipinski definition) is 3. The number of hydrogen-bond acceptors (Lipinski definition) is 4. The van der Waals surface area contributed by atoms with Crippen LogP contribution in [0.4, 0.5) is 11.4 Å². The van der Waals surface area contributed by atoms with Crippen LogP contribution in [0.1, 0.15) is 86.1 Å². The van der Waals surface area contributed by atoms with Gasteiger partial charge in [0.2, 0.25) is 10.0 Å². The summed E-state index contributed by atoms with van der Waals surface area (Å²) in [6.07, 6.45) is 0. The largest absolute Gasteiger partial charge is 0.398 e. The van der Waals surface area contributed by atoms with Crippen LogP contribution >= 0.6 is 0 Å². The van der Waals surface area contributed by atoms with E-state index in [0.717, 1.165) is 67.0 Å². The van der Waals surface area contributed by atoms with Crippen LogP contribution in [-0.2, 0) is 26.3 Å². The maximum atomic E-state index is 12.7. The van der Waals surface area contributed by atoms with Gasteiger partial charge in [0.05, 0.1) is 10.3 Å². The summed E-state index contributed by atoms with van der Waals surface area (Å²) in [4.78, 5) is 0.0832. The topological polar surface area (TPSA) is 112 Å². The van der Waals surface area contributed by atoms with Crippen LogP contribution in [0.25, 0.3) is 11.1 Å². The summed E-state index contributed by atoms with van der Waals surface area (Å²) < 4.78 is 25.4. The van der Waals surface area contributed by atoms with Gasteiger partial charge in [-0.2, -0.15) is 0 Å². The molecular weight excluding hydrogens is 526 g/mol. The van der Waals surface area contributed by atoms with Crippen LogP contribution in [0, 0.1) is 13.8 Å². The summed E-state index contributed by atoms with van der Waals surface area (Å²) >= 11 is 0. The van der Waals surface area contributed by atoms with E-state index >= 15 is 0 Å². The molecule has 0 radical (unpaired) electrons. The Labute approximate surface area is 244 Å². The SMILES string of the molecule is Cc1cc(C2(c3cc(C)c(N)c(C(C)(C)C)c3)c3ccccc3-c3ccc(S(N)(=O)=O)cc32)cc(C(C)(C)C)c1N. The molecule has 0 atom stereocenters. The summed E-state index contributed by atoms with van der Waals surface area (Å²) in [6, 6.07) is 22.3. The Hall–Kier alpha value is -3.61. The second-order valence-corrected chi connectivity index (χ2v) is 15.1. The molecule has 0 amide bonds. The lowest BCUT2D eigenvalue weighted by Crippen LogP contribution is -2.31. The molecule has 0 heterocycles. The Balaban J connectivity index is 2.06. The fourth-order valence-corrected chi connectivity index (χ4v) is 7.03. The van der Waals surface area contributed by atoms with E-state index in [1.165, 1.54) is 0 Å². The second kappa shape index (κ2) is 9.20. The first-order chi connectivity index (χ1) is 18.9. The van der Waals surface area contributed by atoms with Gasteiger partial charge in [-0.25, -0.2) is 13.6 Å². The van der Waals surface area contributed by atoms with E-state index in [1.807, 2.05) is 32.0 Å². The fraction of sp³-hybridized carbons (Fsp3) is 0.314. The van der Waals surface area contributed by atoms with E-state index in [4.69, 9.17) is 16.6 Å². The molecule has 5 rings (SSSR count). The first-order valence-corrected chi connectivity index (χ1v) is 15.5. The molecule has 0 saturated carbocycles. The Morgan fingerprint density at radius 3 is 1.56 bits per heavy atom. The molecule has 0 fully saturated rings. The van der Waals surface area contributed by atoms with Crippen LogP contribution in [0.15, 0.2) is 71.6 Å². The molecule has 0 spiro atoms. The molecule has 0 aromatic heterocycles. The van der Waals surface area contributed by atoms with Gasteiger partial charge in [0.25, 0.3) is 0 Å². The molecule has 6 N–H and O–H groups in total. The predicted octanol–water partition coefficient (Wildman–Crippen LogP) is 7.07. The van der Waals surface area contributed by atoms with Gasteiger partial charge in [-0.05, 0) is 92.4 Å². The van der Waals surface area contributed by atoms with Crippen LogP contribution in [-0.4, -0.2) is 8.42 Å². The third kappa shape index (κ3) is 4.45. The van der Waals surface area contributed by atoms with Crippen molar-refractivity contribution >= 4 is 21.4 Å². The average Bonchev–Trinajstić information content (AvgIpc) is 3.16. The van der Waals surface area contributed by atoms with Crippen LogP contribution in [0.5, 0.6) is 0 Å². The lowest BCUT2D eigenvalue weighted by molar-refractivity contribution is 0.586. The standard InChI is InChI=1S/C35H41N3O2S/c1-20-15-22(17-29(31(20)36)33(3,4)5)35(23-16-21(2)32(37)30(18-23)34(6,7)8)27-12-10-9-11-25(27)26-14-13-24(19-28(26)35)41(38,39)40/h9-19H,36-37H2,1-8H3,(H2,38,39,40). The molecule has 0 unspecified atom stereocenters. The number of anilines is 2. The zero-order valence-electron chi connectivity index (χ0n) is 25.3. The molecule has 41 heavy (non-hydrogen) atoms. The zero-order chi connectivity index (χ0) is 30.3. The monoisotopic (exact) mass is 567 g/mol.